The van der Waals surface area contributed by atoms with Gasteiger partial charge < -0.3 is 19.6 Å². The van der Waals surface area contributed by atoms with Crippen molar-refractivity contribution in [1.82, 2.24) is 0 Å². The minimum Gasteiger partial charge on any atom is -0.507 e. The minimum atomic E-state index is -1.04. The Morgan fingerprint density at radius 2 is 1.90 bits per heavy atom. The molecule has 0 aliphatic carbocycles. The van der Waals surface area contributed by atoms with Crippen molar-refractivity contribution >= 4 is 18.9 Å². The summed E-state index contributed by atoms with van der Waals surface area (Å²) in [6.07, 6.45) is 0. The Morgan fingerprint density at radius 1 is 1.29 bits per heavy atom. The van der Waals surface area contributed by atoms with Crippen molar-refractivity contribution in [3.63, 3.8) is 0 Å². The van der Waals surface area contributed by atoms with Gasteiger partial charge in [-0.3, -0.25) is 0 Å². The fourth-order valence-corrected chi connectivity index (χ4v) is 1.36. The molecular formula is C15H22BO5. The van der Waals surface area contributed by atoms with Crippen LogP contribution in [-0.4, -0.2) is 41.5 Å². The molecule has 0 saturated heterocycles. The molecule has 0 heterocycles. The lowest BCUT2D eigenvalue weighted by molar-refractivity contribution is -0.0893. The summed E-state index contributed by atoms with van der Waals surface area (Å²) in [5, 5.41) is 19.7. The van der Waals surface area contributed by atoms with Crippen LogP contribution < -0.4 is 5.46 Å². The molecule has 1 radical (unpaired) electrons. The number of aromatic hydroxyl groups is 1. The average Bonchev–Trinajstić information content (AvgIpc) is 2.36. The molecule has 0 bridgehead atoms. The number of hydrogen-bond donors (Lipinski definition) is 2. The van der Waals surface area contributed by atoms with Gasteiger partial charge in [-0.1, -0.05) is 11.5 Å². The molecule has 0 fully saturated rings. The van der Waals surface area contributed by atoms with Crippen molar-refractivity contribution in [3.8, 4) is 5.75 Å². The Labute approximate surface area is 126 Å². The largest absolute Gasteiger partial charge is 0.507 e. The fourth-order valence-electron chi connectivity index (χ4n) is 1.36. The van der Waals surface area contributed by atoms with E-state index >= 15 is 0 Å². The maximum Gasteiger partial charge on any atom is 0.341 e. The summed E-state index contributed by atoms with van der Waals surface area (Å²) in [5.74, 6) is -0.737. The number of rotatable bonds is 6. The molecule has 0 aliphatic rings. The van der Waals surface area contributed by atoms with Gasteiger partial charge in [0.1, 0.15) is 11.3 Å². The third-order valence-electron chi connectivity index (χ3n) is 3.48. The van der Waals surface area contributed by atoms with E-state index in [9.17, 15) is 15.0 Å². The number of carbonyl (C=O) groups is 1. The summed E-state index contributed by atoms with van der Waals surface area (Å²) >= 11 is 0. The van der Waals surface area contributed by atoms with Gasteiger partial charge in [0.05, 0.1) is 17.8 Å². The van der Waals surface area contributed by atoms with Crippen molar-refractivity contribution in [1.29, 1.82) is 0 Å². The standard InChI is InChI=1S/C15H22BO5/c1-6-20-13(18)11-9-10(7-8-12(11)17)16-21-15(4,5)14(2,3)19/h7-9,17,19H,6H2,1-5H3. The number of benzene rings is 1. The third-order valence-corrected chi connectivity index (χ3v) is 3.48. The molecule has 2 N–H and O–H groups in total. The van der Waals surface area contributed by atoms with Gasteiger partial charge in [-0.2, -0.15) is 0 Å². The Balaban J connectivity index is 2.87. The summed E-state index contributed by atoms with van der Waals surface area (Å²) in [5.41, 5.74) is -1.18. The smallest absolute Gasteiger partial charge is 0.341 e. The first-order chi connectivity index (χ1) is 9.58. The fraction of sp³-hybridized carbons (Fsp3) is 0.533. The van der Waals surface area contributed by atoms with Crippen molar-refractivity contribution in [2.45, 2.75) is 45.8 Å². The van der Waals surface area contributed by atoms with E-state index < -0.39 is 17.2 Å². The van der Waals surface area contributed by atoms with Crippen molar-refractivity contribution in [2.75, 3.05) is 6.61 Å². The minimum absolute atomic E-state index is 0.0789. The van der Waals surface area contributed by atoms with Gasteiger partial charge in [0, 0.05) is 0 Å². The van der Waals surface area contributed by atoms with Gasteiger partial charge in [0.2, 0.25) is 0 Å². The van der Waals surface area contributed by atoms with Crippen LogP contribution in [0.25, 0.3) is 0 Å². The molecule has 0 unspecified atom stereocenters. The molecule has 1 rings (SSSR count). The van der Waals surface area contributed by atoms with Gasteiger partial charge in [0.15, 0.2) is 0 Å². The van der Waals surface area contributed by atoms with E-state index in [0.717, 1.165) is 0 Å². The number of phenols is 1. The van der Waals surface area contributed by atoms with Crippen LogP contribution in [-0.2, 0) is 9.39 Å². The summed E-state index contributed by atoms with van der Waals surface area (Å²) in [6, 6.07) is 4.49. The quantitative estimate of drug-likeness (QED) is 0.612. The van der Waals surface area contributed by atoms with E-state index in [0.29, 0.717) is 5.46 Å². The van der Waals surface area contributed by atoms with E-state index in [2.05, 4.69) is 0 Å². The molecule has 6 heteroatoms. The van der Waals surface area contributed by atoms with E-state index in [1.807, 2.05) is 0 Å². The van der Waals surface area contributed by atoms with Gasteiger partial charge >= 0.3 is 13.5 Å². The highest BCUT2D eigenvalue weighted by Gasteiger charge is 2.35. The number of esters is 1. The van der Waals surface area contributed by atoms with E-state index in [4.69, 9.17) is 9.39 Å². The molecule has 0 amide bonds. The third kappa shape index (κ3) is 4.47. The lowest BCUT2D eigenvalue weighted by atomic mass is 9.82. The van der Waals surface area contributed by atoms with E-state index in [-0.39, 0.29) is 17.9 Å². The summed E-state index contributed by atoms with van der Waals surface area (Å²) < 4.78 is 10.5. The number of carbonyl (C=O) groups excluding carboxylic acids is 1. The van der Waals surface area contributed by atoms with Crippen LogP contribution in [0.2, 0.25) is 0 Å². The molecule has 0 spiro atoms. The average molecular weight is 293 g/mol. The second-order valence-corrected chi connectivity index (χ2v) is 5.80. The van der Waals surface area contributed by atoms with Crippen molar-refractivity contribution in [3.05, 3.63) is 23.8 Å². The number of hydrogen-bond acceptors (Lipinski definition) is 5. The normalized spacial score (nSPS) is 12.1. The molecule has 21 heavy (non-hydrogen) atoms. The van der Waals surface area contributed by atoms with Gasteiger partial charge in [-0.15, -0.1) is 0 Å². The molecule has 0 aromatic heterocycles. The van der Waals surface area contributed by atoms with Gasteiger partial charge in [-0.25, -0.2) is 4.79 Å². The second-order valence-electron chi connectivity index (χ2n) is 5.80. The van der Waals surface area contributed by atoms with E-state index in [1.54, 1.807) is 40.7 Å². The first-order valence-electron chi connectivity index (χ1n) is 6.82. The van der Waals surface area contributed by atoms with Crippen LogP contribution >= 0.6 is 0 Å². The summed E-state index contributed by atoms with van der Waals surface area (Å²) in [7, 11) is 1.44. The molecule has 115 valence electrons. The highest BCUT2D eigenvalue weighted by Crippen LogP contribution is 2.24. The number of phenolic OH excluding ortho intramolecular Hbond substituents is 1. The monoisotopic (exact) mass is 293 g/mol. The van der Waals surface area contributed by atoms with Crippen molar-refractivity contribution in [2.24, 2.45) is 0 Å². The van der Waals surface area contributed by atoms with Crippen LogP contribution in [0.3, 0.4) is 0 Å². The van der Waals surface area contributed by atoms with Crippen LogP contribution in [0, 0.1) is 0 Å². The molecular weight excluding hydrogens is 271 g/mol. The Kier molecular flexibility index (Phi) is 5.42. The first-order valence-corrected chi connectivity index (χ1v) is 6.82. The maximum atomic E-state index is 11.7. The van der Waals surface area contributed by atoms with Crippen LogP contribution in [0.5, 0.6) is 5.75 Å². The van der Waals surface area contributed by atoms with Crippen LogP contribution in [0.1, 0.15) is 45.0 Å². The highest BCUT2D eigenvalue weighted by atomic mass is 16.5. The molecule has 0 atom stereocenters. The number of aliphatic hydroxyl groups is 1. The first kappa shape index (κ1) is 17.5. The van der Waals surface area contributed by atoms with Crippen LogP contribution in [0.15, 0.2) is 18.2 Å². The predicted molar refractivity (Wildman–Crippen MR) is 80.9 cm³/mol. The zero-order chi connectivity index (χ0) is 16.3. The van der Waals surface area contributed by atoms with Gasteiger partial charge in [0.25, 0.3) is 0 Å². The summed E-state index contributed by atoms with van der Waals surface area (Å²) in [6.45, 7) is 8.75. The molecule has 1 aromatic carbocycles. The molecule has 0 aliphatic heterocycles. The Morgan fingerprint density at radius 3 is 2.43 bits per heavy atom. The predicted octanol–water partition coefficient (Wildman–Crippen LogP) is 1.38. The van der Waals surface area contributed by atoms with Crippen LogP contribution in [0.4, 0.5) is 0 Å². The molecule has 1 aromatic rings. The zero-order valence-electron chi connectivity index (χ0n) is 13.1. The second kappa shape index (κ2) is 6.49. The lowest BCUT2D eigenvalue weighted by Gasteiger charge is -2.37. The lowest BCUT2D eigenvalue weighted by Crippen LogP contribution is -2.49. The Hall–Kier alpha value is -1.53. The topological polar surface area (TPSA) is 76.0 Å². The molecule has 0 saturated carbocycles. The van der Waals surface area contributed by atoms with Gasteiger partial charge in [-0.05, 0) is 46.8 Å². The zero-order valence-corrected chi connectivity index (χ0v) is 13.1. The maximum absolute atomic E-state index is 11.7. The Bertz CT molecular complexity index is 505. The van der Waals surface area contributed by atoms with E-state index in [1.165, 1.54) is 19.6 Å². The SMILES string of the molecule is CCOC(=O)c1cc([B]OC(C)(C)C(C)(C)O)ccc1O. The van der Waals surface area contributed by atoms with Crippen molar-refractivity contribution < 1.29 is 24.4 Å². The highest BCUT2D eigenvalue weighted by molar-refractivity contribution is 6.47. The number of ether oxygens (including phenoxy) is 1. The molecule has 5 nitrogen and oxygen atoms in total. The summed E-state index contributed by atoms with van der Waals surface area (Å²) in [4.78, 5) is 11.7.